The molecule has 2 aliphatic heterocycles. The lowest BCUT2D eigenvalue weighted by atomic mass is 9.86. The van der Waals surface area contributed by atoms with Crippen LogP contribution in [0.5, 0.6) is 0 Å². The molecule has 2 fully saturated rings. The summed E-state index contributed by atoms with van der Waals surface area (Å²) in [6.45, 7) is 8.37. The van der Waals surface area contributed by atoms with Gasteiger partial charge in [-0.2, -0.15) is 0 Å². The summed E-state index contributed by atoms with van der Waals surface area (Å²) in [4.78, 5) is 9.81. The second-order valence-corrected chi connectivity index (χ2v) is 6.99. The molecule has 0 bridgehead atoms. The van der Waals surface area contributed by atoms with Crippen LogP contribution in [0.3, 0.4) is 0 Å². The van der Waals surface area contributed by atoms with Crippen molar-refractivity contribution in [2.45, 2.75) is 37.9 Å². The van der Waals surface area contributed by atoms with Crippen molar-refractivity contribution in [3.8, 4) is 0 Å². The Morgan fingerprint density at radius 2 is 2.13 bits per heavy atom. The van der Waals surface area contributed by atoms with Crippen molar-refractivity contribution in [3.63, 3.8) is 0 Å². The largest absolute Gasteiger partial charge is 0.383 e. The van der Waals surface area contributed by atoms with Gasteiger partial charge >= 0.3 is 0 Å². The van der Waals surface area contributed by atoms with Gasteiger partial charge in [0.25, 0.3) is 0 Å². The first kappa shape index (κ1) is 16.9. The number of piperidine rings is 1. The second kappa shape index (κ2) is 7.75. The first-order valence-corrected chi connectivity index (χ1v) is 8.87. The highest BCUT2D eigenvalue weighted by Crippen LogP contribution is 2.29. The molecular formula is C17H31N5O. The van der Waals surface area contributed by atoms with Crippen molar-refractivity contribution in [1.29, 1.82) is 0 Å². The fraction of sp³-hybridized carbons (Fsp3) is 0.824. The lowest BCUT2D eigenvalue weighted by Crippen LogP contribution is -2.57. The number of methoxy groups -OCH3 is 1. The first-order chi connectivity index (χ1) is 11.2. The predicted octanol–water partition coefficient (Wildman–Crippen LogP) is 0.789. The van der Waals surface area contributed by atoms with Gasteiger partial charge in [-0.15, -0.1) is 0 Å². The number of imidazole rings is 1. The minimum atomic E-state index is 0.339. The molecule has 1 aromatic rings. The molecule has 1 spiro atoms. The van der Waals surface area contributed by atoms with Crippen LogP contribution in [0.2, 0.25) is 0 Å². The molecule has 6 nitrogen and oxygen atoms in total. The number of likely N-dealkylation sites (N-methyl/N-ethyl adjacent to an activating group) is 1. The van der Waals surface area contributed by atoms with Crippen LogP contribution >= 0.6 is 0 Å². The predicted molar refractivity (Wildman–Crippen MR) is 91.5 cm³/mol. The maximum atomic E-state index is 5.21. The van der Waals surface area contributed by atoms with Crippen molar-refractivity contribution in [2.24, 2.45) is 0 Å². The third-order valence-corrected chi connectivity index (χ3v) is 5.53. The molecule has 6 heteroatoms. The molecule has 0 amide bonds. The van der Waals surface area contributed by atoms with E-state index in [1.807, 2.05) is 6.20 Å². The summed E-state index contributed by atoms with van der Waals surface area (Å²) in [6.07, 6.45) is 7.72. The standard InChI is InChI=1S/C17H31N5O/c1-20-9-3-10-21(15-17(20)4-6-18-7-5-17)14-16-19-8-11-22(16)12-13-23-2/h8,11,18H,3-7,9-10,12-15H2,1-2H3. The Hall–Kier alpha value is -0.950. The highest BCUT2D eigenvalue weighted by molar-refractivity contribution is 5.00. The van der Waals surface area contributed by atoms with Gasteiger partial charge in [-0.1, -0.05) is 0 Å². The zero-order valence-corrected chi connectivity index (χ0v) is 14.6. The monoisotopic (exact) mass is 321 g/mol. The Morgan fingerprint density at radius 3 is 2.91 bits per heavy atom. The number of nitrogens with one attached hydrogen (secondary N) is 1. The summed E-state index contributed by atoms with van der Waals surface area (Å²) >= 11 is 0. The Kier molecular flexibility index (Phi) is 5.69. The highest BCUT2D eigenvalue weighted by atomic mass is 16.5. The minimum absolute atomic E-state index is 0.339. The Morgan fingerprint density at radius 1 is 1.30 bits per heavy atom. The van der Waals surface area contributed by atoms with Crippen LogP contribution in [-0.4, -0.2) is 78.4 Å². The number of rotatable bonds is 5. The fourth-order valence-electron chi connectivity index (χ4n) is 4.04. The van der Waals surface area contributed by atoms with Gasteiger partial charge in [0, 0.05) is 38.1 Å². The number of hydrogen-bond acceptors (Lipinski definition) is 5. The van der Waals surface area contributed by atoms with Gasteiger partial charge in [0.05, 0.1) is 13.2 Å². The SMILES string of the molecule is COCCn1ccnc1CN1CCCN(C)C2(CCNCC2)C1. The Bertz CT molecular complexity index is 483. The van der Waals surface area contributed by atoms with E-state index in [-0.39, 0.29) is 0 Å². The van der Waals surface area contributed by atoms with Crippen LogP contribution < -0.4 is 5.32 Å². The van der Waals surface area contributed by atoms with E-state index in [4.69, 9.17) is 4.74 Å². The minimum Gasteiger partial charge on any atom is -0.383 e. The van der Waals surface area contributed by atoms with Crippen LogP contribution in [-0.2, 0) is 17.8 Å². The zero-order chi connectivity index (χ0) is 16.1. The zero-order valence-electron chi connectivity index (χ0n) is 14.6. The number of hydrogen-bond donors (Lipinski definition) is 1. The molecular weight excluding hydrogens is 290 g/mol. The van der Waals surface area contributed by atoms with Crippen LogP contribution in [0.15, 0.2) is 12.4 Å². The number of ether oxygens (including phenoxy) is 1. The normalized spacial score (nSPS) is 23.2. The van der Waals surface area contributed by atoms with E-state index in [0.717, 1.165) is 51.7 Å². The van der Waals surface area contributed by atoms with Crippen molar-refractivity contribution >= 4 is 0 Å². The fourth-order valence-corrected chi connectivity index (χ4v) is 4.04. The Labute approximate surface area is 139 Å². The van der Waals surface area contributed by atoms with Crippen molar-refractivity contribution in [2.75, 3.05) is 53.5 Å². The molecule has 2 saturated heterocycles. The smallest absolute Gasteiger partial charge is 0.122 e. The summed E-state index contributed by atoms with van der Waals surface area (Å²) in [5.41, 5.74) is 0.339. The van der Waals surface area contributed by atoms with Crippen molar-refractivity contribution < 1.29 is 4.74 Å². The van der Waals surface area contributed by atoms with Crippen LogP contribution in [0.4, 0.5) is 0 Å². The van der Waals surface area contributed by atoms with Gasteiger partial charge in [-0.25, -0.2) is 4.98 Å². The van der Waals surface area contributed by atoms with Crippen LogP contribution in [0.1, 0.15) is 25.1 Å². The third-order valence-electron chi connectivity index (χ3n) is 5.53. The van der Waals surface area contributed by atoms with Gasteiger partial charge < -0.3 is 14.6 Å². The van der Waals surface area contributed by atoms with Crippen LogP contribution in [0, 0.1) is 0 Å². The molecule has 0 aromatic carbocycles. The van der Waals surface area contributed by atoms with E-state index in [1.165, 1.54) is 25.8 Å². The van der Waals surface area contributed by atoms with Gasteiger partial charge in [-0.3, -0.25) is 9.80 Å². The highest BCUT2D eigenvalue weighted by Gasteiger charge is 2.39. The van der Waals surface area contributed by atoms with E-state index in [9.17, 15) is 0 Å². The second-order valence-electron chi connectivity index (χ2n) is 6.99. The molecule has 3 heterocycles. The van der Waals surface area contributed by atoms with Gasteiger partial charge in [0.1, 0.15) is 5.82 Å². The van der Waals surface area contributed by atoms with Gasteiger partial charge in [0.15, 0.2) is 0 Å². The third kappa shape index (κ3) is 3.94. The molecule has 0 atom stereocenters. The summed E-state index contributed by atoms with van der Waals surface area (Å²) in [7, 11) is 4.07. The molecule has 2 aliphatic rings. The molecule has 130 valence electrons. The molecule has 0 saturated carbocycles. The summed E-state index contributed by atoms with van der Waals surface area (Å²) in [5.74, 6) is 1.16. The van der Waals surface area contributed by atoms with E-state index in [0.29, 0.717) is 5.54 Å². The molecule has 23 heavy (non-hydrogen) atoms. The topological polar surface area (TPSA) is 45.6 Å². The van der Waals surface area contributed by atoms with E-state index in [2.05, 4.69) is 37.9 Å². The first-order valence-electron chi connectivity index (χ1n) is 8.87. The average molecular weight is 321 g/mol. The van der Waals surface area contributed by atoms with E-state index >= 15 is 0 Å². The molecule has 0 radical (unpaired) electrons. The number of nitrogens with zero attached hydrogens (tertiary/aromatic N) is 4. The van der Waals surface area contributed by atoms with Gasteiger partial charge in [0.2, 0.25) is 0 Å². The van der Waals surface area contributed by atoms with E-state index < -0.39 is 0 Å². The van der Waals surface area contributed by atoms with E-state index in [1.54, 1.807) is 7.11 Å². The van der Waals surface area contributed by atoms with Crippen molar-refractivity contribution in [3.05, 3.63) is 18.2 Å². The summed E-state index contributed by atoms with van der Waals surface area (Å²) < 4.78 is 7.44. The molecule has 0 aliphatic carbocycles. The summed E-state index contributed by atoms with van der Waals surface area (Å²) in [6, 6.07) is 0. The number of aromatic nitrogens is 2. The Balaban J connectivity index is 1.68. The maximum Gasteiger partial charge on any atom is 0.122 e. The lowest BCUT2D eigenvalue weighted by Gasteiger charge is -2.45. The average Bonchev–Trinajstić information content (AvgIpc) is 2.94. The van der Waals surface area contributed by atoms with Gasteiger partial charge in [-0.05, 0) is 52.5 Å². The van der Waals surface area contributed by atoms with Crippen molar-refractivity contribution in [1.82, 2.24) is 24.7 Å². The molecule has 1 N–H and O–H groups in total. The lowest BCUT2D eigenvalue weighted by molar-refractivity contribution is 0.0626. The molecule has 0 unspecified atom stereocenters. The van der Waals surface area contributed by atoms with Crippen LogP contribution in [0.25, 0.3) is 0 Å². The summed E-state index contributed by atoms with van der Waals surface area (Å²) in [5, 5.41) is 3.51. The maximum absolute atomic E-state index is 5.21. The molecule has 3 rings (SSSR count). The molecule has 1 aromatic heterocycles. The quantitative estimate of drug-likeness (QED) is 0.869.